The predicted molar refractivity (Wildman–Crippen MR) is 250 cm³/mol. The molecule has 3 unspecified atom stereocenters. The van der Waals surface area contributed by atoms with Crippen molar-refractivity contribution in [2.45, 2.75) is 289 Å². The molecular weight excluding hydrogens is 719 g/mol. The van der Waals surface area contributed by atoms with Gasteiger partial charge < -0.3 is 20.3 Å². The molecule has 0 saturated carbocycles. The van der Waals surface area contributed by atoms with Crippen LogP contribution in [0.15, 0.2) is 24.3 Å². The second-order valence-electron chi connectivity index (χ2n) is 17.5. The first-order chi connectivity index (χ1) is 28.5. The maximum atomic E-state index is 13.1. The molecule has 0 bridgehead atoms. The lowest BCUT2D eigenvalue weighted by atomic mass is 10.0. The number of allylic oxidation sites excluding steroid dienone is 4. The van der Waals surface area contributed by atoms with Crippen LogP contribution < -0.4 is 5.32 Å². The van der Waals surface area contributed by atoms with Gasteiger partial charge in [-0.05, 0) is 51.4 Å². The van der Waals surface area contributed by atoms with Crippen LogP contribution in [0.5, 0.6) is 0 Å². The Hall–Kier alpha value is -1.66. The molecular formula is C52H99NO5. The van der Waals surface area contributed by atoms with E-state index in [1.54, 1.807) is 0 Å². The van der Waals surface area contributed by atoms with E-state index >= 15 is 0 Å². The molecule has 0 aromatic heterocycles. The fourth-order valence-corrected chi connectivity index (χ4v) is 7.94. The molecule has 0 aliphatic heterocycles. The standard InChI is InChI=1S/C52H99NO5/c1-4-7-10-13-16-19-21-23-25-26-27-28-30-32-35-38-41-44-50(55)49(47-54)53-51(56)46-48(43-40-37-34-18-15-12-9-6-3)58-52(57)45-42-39-36-33-31-29-24-22-20-17-14-11-8-5-2/h8,11,17,20,48-50,54-55H,4-7,9-10,12-16,18-19,21-47H2,1-3H3,(H,53,56)/b11-8+,20-17+. The first-order valence-electron chi connectivity index (χ1n) is 25.6. The Morgan fingerprint density at radius 3 is 1.40 bits per heavy atom. The molecule has 1 amide bonds. The van der Waals surface area contributed by atoms with Gasteiger partial charge in [0.1, 0.15) is 6.10 Å². The van der Waals surface area contributed by atoms with E-state index in [0.717, 1.165) is 64.2 Å². The van der Waals surface area contributed by atoms with E-state index in [4.69, 9.17) is 4.74 Å². The van der Waals surface area contributed by atoms with Crippen molar-refractivity contribution in [1.82, 2.24) is 5.32 Å². The highest BCUT2D eigenvalue weighted by Gasteiger charge is 2.24. The quantitative estimate of drug-likeness (QED) is 0.0323. The third kappa shape index (κ3) is 41.1. The molecule has 0 radical (unpaired) electrons. The number of amides is 1. The summed E-state index contributed by atoms with van der Waals surface area (Å²) >= 11 is 0. The van der Waals surface area contributed by atoms with Crippen LogP contribution in [-0.2, 0) is 14.3 Å². The van der Waals surface area contributed by atoms with Gasteiger partial charge in [0.2, 0.25) is 5.91 Å². The summed E-state index contributed by atoms with van der Waals surface area (Å²) in [5.41, 5.74) is 0. The number of aliphatic hydroxyl groups excluding tert-OH is 2. The Labute approximate surface area is 361 Å². The number of rotatable bonds is 46. The summed E-state index contributed by atoms with van der Waals surface area (Å²) in [6.07, 6.45) is 52.5. The Kier molecular flexibility index (Phi) is 45.1. The van der Waals surface area contributed by atoms with Gasteiger partial charge in [-0.15, -0.1) is 0 Å². The van der Waals surface area contributed by atoms with E-state index in [1.165, 1.54) is 161 Å². The number of aliphatic hydroxyl groups is 2. The third-order valence-corrected chi connectivity index (χ3v) is 11.8. The van der Waals surface area contributed by atoms with Gasteiger partial charge in [-0.1, -0.05) is 231 Å². The number of hydrogen-bond acceptors (Lipinski definition) is 5. The zero-order valence-electron chi connectivity index (χ0n) is 38.9. The number of carbonyl (C=O) groups is 2. The summed E-state index contributed by atoms with van der Waals surface area (Å²) < 4.78 is 5.90. The number of unbranched alkanes of at least 4 members (excludes halogenated alkanes) is 30. The molecule has 0 spiro atoms. The van der Waals surface area contributed by atoms with Crippen molar-refractivity contribution in [1.29, 1.82) is 0 Å². The first kappa shape index (κ1) is 56.3. The second-order valence-corrected chi connectivity index (χ2v) is 17.5. The fraction of sp³-hybridized carbons (Fsp3) is 0.885. The lowest BCUT2D eigenvalue weighted by Crippen LogP contribution is -2.46. The van der Waals surface area contributed by atoms with Gasteiger partial charge in [-0.3, -0.25) is 9.59 Å². The summed E-state index contributed by atoms with van der Waals surface area (Å²) in [4.78, 5) is 26.0. The highest BCUT2D eigenvalue weighted by molar-refractivity contribution is 5.77. The number of ether oxygens (including phenoxy) is 1. The topological polar surface area (TPSA) is 95.9 Å². The van der Waals surface area contributed by atoms with Crippen molar-refractivity contribution in [3.63, 3.8) is 0 Å². The number of esters is 1. The van der Waals surface area contributed by atoms with Gasteiger partial charge in [0.15, 0.2) is 0 Å². The van der Waals surface area contributed by atoms with Crippen LogP contribution in [0.3, 0.4) is 0 Å². The molecule has 58 heavy (non-hydrogen) atoms. The molecule has 6 nitrogen and oxygen atoms in total. The fourth-order valence-electron chi connectivity index (χ4n) is 7.94. The molecule has 0 fully saturated rings. The van der Waals surface area contributed by atoms with Crippen LogP contribution in [-0.4, -0.2) is 46.9 Å². The lowest BCUT2D eigenvalue weighted by molar-refractivity contribution is -0.151. The molecule has 0 rings (SSSR count). The Morgan fingerprint density at radius 2 is 0.931 bits per heavy atom. The van der Waals surface area contributed by atoms with Crippen molar-refractivity contribution < 1.29 is 24.5 Å². The predicted octanol–water partition coefficient (Wildman–Crippen LogP) is 15.1. The Morgan fingerprint density at radius 1 is 0.517 bits per heavy atom. The Bertz CT molecular complexity index is 919. The van der Waals surface area contributed by atoms with Gasteiger partial charge in [0.25, 0.3) is 0 Å². The zero-order valence-corrected chi connectivity index (χ0v) is 38.9. The summed E-state index contributed by atoms with van der Waals surface area (Å²) in [5, 5.41) is 23.7. The number of hydrogen-bond donors (Lipinski definition) is 3. The van der Waals surface area contributed by atoms with E-state index in [1.807, 2.05) is 0 Å². The molecule has 3 atom stereocenters. The molecule has 0 aromatic carbocycles. The maximum absolute atomic E-state index is 13.1. The SMILES string of the molecule is CC/C=C/C/C=C/CCCCCCCCCC(=O)OC(CCCCCCCCCC)CC(=O)NC(CO)C(O)CCCCCCCCCCCCCCCCCCC. The maximum Gasteiger partial charge on any atom is 0.306 e. The van der Waals surface area contributed by atoms with Gasteiger partial charge >= 0.3 is 5.97 Å². The molecule has 0 aliphatic rings. The smallest absolute Gasteiger partial charge is 0.306 e. The monoisotopic (exact) mass is 818 g/mol. The van der Waals surface area contributed by atoms with Gasteiger partial charge in [-0.25, -0.2) is 0 Å². The molecule has 3 N–H and O–H groups in total. The van der Waals surface area contributed by atoms with E-state index in [2.05, 4.69) is 50.4 Å². The van der Waals surface area contributed by atoms with Crippen LogP contribution in [0.1, 0.15) is 271 Å². The van der Waals surface area contributed by atoms with Crippen molar-refractivity contribution in [2.24, 2.45) is 0 Å². The highest BCUT2D eigenvalue weighted by Crippen LogP contribution is 2.18. The Balaban J connectivity index is 4.36. The molecule has 0 saturated heterocycles. The van der Waals surface area contributed by atoms with Crippen LogP contribution in [0.2, 0.25) is 0 Å². The highest BCUT2D eigenvalue weighted by atomic mass is 16.5. The van der Waals surface area contributed by atoms with E-state index in [-0.39, 0.29) is 24.9 Å². The summed E-state index contributed by atoms with van der Waals surface area (Å²) in [6.45, 7) is 6.37. The summed E-state index contributed by atoms with van der Waals surface area (Å²) in [7, 11) is 0. The van der Waals surface area contributed by atoms with E-state index < -0.39 is 18.2 Å². The van der Waals surface area contributed by atoms with Crippen molar-refractivity contribution in [3.8, 4) is 0 Å². The zero-order chi connectivity index (χ0) is 42.4. The summed E-state index contributed by atoms with van der Waals surface area (Å²) in [5.74, 6) is -0.475. The van der Waals surface area contributed by atoms with E-state index in [9.17, 15) is 19.8 Å². The van der Waals surface area contributed by atoms with Gasteiger partial charge in [0.05, 0.1) is 25.2 Å². The van der Waals surface area contributed by atoms with Crippen LogP contribution in [0.25, 0.3) is 0 Å². The minimum Gasteiger partial charge on any atom is -0.462 e. The van der Waals surface area contributed by atoms with E-state index in [0.29, 0.717) is 19.3 Å². The van der Waals surface area contributed by atoms with Gasteiger partial charge in [-0.2, -0.15) is 0 Å². The first-order valence-corrected chi connectivity index (χ1v) is 25.6. The van der Waals surface area contributed by atoms with Crippen LogP contribution in [0.4, 0.5) is 0 Å². The largest absolute Gasteiger partial charge is 0.462 e. The van der Waals surface area contributed by atoms with Crippen molar-refractivity contribution >= 4 is 11.9 Å². The lowest BCUT2D eigenvalue weighted by Gasteiger charge is -2.24. The minimum absolute atomic E-state index is 0.0786. The minimum atomic E-state index is -0.784. The average Bonchev–Trinajstić information content (AvgIpc) is 3.22. The van der Waals surface area contributed by atoms with Gasteiger partial charge in [0, 0.05) is 6.42 Å². The molecule has 6 heteroatoms. The van der Waals surface area contributed by atoms with Crippen molar-refractivity contribution in [2.75, 3.05) is 6.61 Å². The van der Waals surface area contributed by atoms with Crippen molar-refractivity contribution in [3.05, 3.63) is 24.3 Å². The second kappa shape index (κ2) is 46.4. The number of carbonyl (C=O) groups excluding carboxylic acids is 2. The molecule has 0 aromatic rings. The number of nitrogens with one attached hydrogen (secondary N) is 1. The molecule has 0 aliphatic carbocycles. The molecule has 0 heterocycles. The summed E-state index contributed by atoms with van der Waals surface area (Å²) in [6, 6.07) is -0.697. The normalized spacial score (nSPS) is 13.4. The van der Waals surface area contributed by atoms with Crippen LogP contribution in [0, 0.1) is 0 Å². The molecule has 342 valence electrons. The van der Waals surface area contributed by atoms with Crippen LogP contribution >= 0.6 is 0 Å². The third-order valence-electron chi connectivity index (χ3n) is 11.8. The average molecular weight is 818 g/mol.